The number of hydrogen-bond acceptors (Lipinski definition) is 5. The summed E-state index contributed by atoms with van der Waals surface area (Å²) in [7, 11) is 0. The second-order valence-corrected chi connectivity index (χ2v) is 9.19. The van der Waals surface area contributed by atoms with Gasteiger partial charge in [0.25, 0.3) is 0 Å². The van der Waals surface area contributed by atoms with E-state index in [1.807, 2.05) is 6.20 Å². The third kappa shape index (κ3) is 4.11. The summed E-state index contributed by atoms with van der Waals surface area (Å²) >= 11 is 1.71. The average molecular weight is 364 g/mol. The number of nitrogens with zero attached hydrogens (tertiary/aromatic N) is 3. The third-order valence-corrected chi connectivity index (χ3v) is 5.80. The maximum Gasteiger partial charge on any atom is 0.207 e. The molecule has 3 rings (SSSR count). The number of rotatable bonds is 5. The zero-order valence-corrected chi connectivity index (χ0v) is 16.9. The SMILES string of the molecule is Cc1nc(S[C@@H](C)c2ncc(C(C)(C)C)o2)n(C[C@H]2CCCO2)c1C. The highest BCUT2D eigenvalue weighted by molar-refractivity contribution is 7.99. The number of aryl methyl sites for hydroxylation is 1. The highest BCUT2D eigenvalue weighted by atomic mass is 32.2. The van der Waals surface area contributed by atoms with Crippen LogP contribution in [0.25, 0.3) is 0 Å². The van der Waals surface area contributed by atoms with Gasteiger partial charge in [0.1, 0.15) is 5.76 Å². The quantitative estimate of drug-likeness (QED) is 0.713. The van der Waals surface area contributed by atoms with Gasteiger partial charge in [-0.3, -0.25) is 0 Å². The average Bonchev–Trinajstić information content (AvgIpc) is 3.25. The van der Waals surface area contributed by atoms with Gasteiger partial charge < -0.3 is 13.7 Å². The molecule has 1 fully saturated rings. The van der Waals surface area contributed by atoms with E-state index in [0.717, 1.165) is 48.5 Å². The molecule has 2 aromatic rings. The molecule has 0 amide bonds. The first-order chi connectivity index (χ1) is 11.8. The van der Waals surface area contributed by atoms with E-state index in [0.29, 0.717) is 6.10 Å². The molecule has 1 saturated heterocycles. The lowest BCUT2D eigenvalue weighted by molar-refractivity contribution is 0.0944. The molecule has 25 heavy (non-hydrogen) atoms. The first-order valence-electron chi connectivity index (χ1n) is 9.04. The van der Waals surface area contributed by atoms with Crippen LogP contribution in [0.5, 0.6) is 0 Å². The maximum absolute atomic E-state index is 6.00. The van der Waals surface area contributed by atoms with Gasteiger partial charge in [0.2, 0.25) is 5.89 Å². The van der Waals surface area contributed by atoms with Crippen LogP contribution in [0.2, 0.25) is 0 Å². The summed E-state index contributed by atoms with van der Waals surface area (Å²) < 4.78 is 14.1. The Labute approximate surface area is 154 Å². The highest BCUT2D eigenvalue weighted by Gasteiger charge is 2.25. The molecular weight excluding hydrogens is 334 g/mol. The predicted molar refractivity (Wildman–Crippen MR) is 100 cm³/mol. The first-order valence-corrected chi connectivity index (χ1v) is 9.92. The Bertz CT molecular complexity index is 724. The van der Waals surface area contributed by atoms with Crippen molar-refractivity contribution in [3.05, 3.63) is 29.2 Å². The van der Waals surface area contributed by atoms with Crippen molar-refractivity contribution in [1.82, 2.24) is 14.5 Å². The van der Waals surface area contributed by atoms with Gasteiger partial charge in [-0.2, -0.15) is 0 Å². The number of thioether (sulfide) groups is 1. The monoisotopic (exact) mass is 363 g/mol. The Morgan fingerprint density at radius 3 is 2.72 bits per heavy atom. The molecular formula is C19H29N3O2S. The maximum atomic E-state index is 6.00. The van der Waals surface area contributed by atoms with Crippen molar-refractivity contribution >= 4 is 11.8 Å². The van der Waals surface area contributed by atoms with Crippen molar-refractivity contribution in [2.75, 3.05) is 6.61 Å². The molecule has 1 aliphatic heterocycles. The van der Waals surface area contributed by atoms with Gasteiger partial charge >= 0.3 is 0 Å². The fourth-order valence-electron chi connectivity index (χ4n) is 2.95. The first kappa shape index (κ1) is 18.5. The second kappa shape index (κ2) is 7.16. The lowest BCUT2D eigenvalue weighted by Gasteiger charge is -2.16. The molecule has 0 unspecified atom stereocenters. The van der Waals surface area contributed by atoms with Gasteiger partial charge in [-0.15, -0.1) is 0 Å². The molecule has 6 heteroatoms. The Morgan fingerprint density at radius 2 is 2.12 bits per heavy atom. The van der Waals surface area contributed by atoms with Gasteiger partial charge in [0.15, 0.2) is 5.16 Å². The van der Waals surface area contributed by atoms with Crippen LogP contribution < -0.4 is 0 Å². The smallest absolute Gasteiger partial charge is 0.207 e. The van der Waals surface area contributed by atoms with Gasteiger partial charge in [0.05, 0.1) is 29.8 Å². The molecule has 2 aromatic heterocycles. The van der Waals surface area contributed by atoms with Crippen LogP contribution in [0.15, 0.2) is 15.8 Å². The second-order valence-electron chi connectivity index (χ2n) is 7.88. The van der Waals surface area contributed by atoms with Crippen molar-refractivity contribution in [3.63, 3.8) is 0 Å². The Morgan fingerprint density at radius 1 is 1.36 bits per heavy atom. The van der Waals surface area contributed by atoms with Crippen LogP contribution in [0.3, 0.4) is 0 Å². The van der Waals surface area contributed by atoms with E-state index >= 15 is 0 Å². The van der Waals surface area contributed by atoms with E-state index in [-0.39, 0.29) is 10.7 Å². The summed E-state index contributed by atoms with van der Waals surface area (Å²) in [5.74, 6) is 1.68. The Hall–Kier alpha value is -1.27. The number of oxazole rings is 1. The summed E-state index contributed by atoms with van der Waals surface area (Å²) in [6, 6.07) is 0. The topological polar surface area (TPSA) is 53.1 Å². The summed E-state index contributed by atoms with van der Waals surface area (Å²) in [6.45, 7) is 14.5. The van der Waals surface area contributed by atoms with Crippen LogP contribution >= 0.6 is 11.8 Å². The number of hydrogen-bond donors (Lipinski definition) is 0. The van der Waals surface area contributed by atoms with Crippen molar-refractivity contribution in [2.24, 2.45) is 0 Å². The molecule has 0 N–H and O–H groups in total. The normalized spacial score (nSPS) is 19.5. The van der Waals surface area contributed by atoms with Gasteiger partial charge in [-0.1, -0.05) is 32.5 Å². The van der Waals surface area contributed by atoms with Crippen LogP contribution in [0, 0.1) is 13.8 Å². The molecule has 1 aliphatic rings. The van der Waals surface area contributed by atoms with Gasteiger partial charge in [-0.25, -0.2) is 9.97 Å². The lowest BCUT2D eigenvalue weighted by Crippen LogP contribution is -2.17. The molecule has 0 bridgehead atoms. The van der Waals surface area contributed by atoms with E-state index in [2.05, 4.69) is 51.1 Å². The van der Waals surface area contributed by atoms with Crippen molar-refractivity contribution in [3.8, 4) is 0 Å². The fourth-order valence-corrected chi connectivity index (χ4v) is 4.01. The summed E-state index contributed by atoms with van der Waals surface area (Å²) in [5, 5.41) is 1.13. The summed E-state index contributed by atoms with van der Waals surface area (Å²) in [6.07, 6.45) is 4.44. The molecule has 3 heterocycles. The standard InChI is InChI=1S/C19H29N3O2S/c1-12-13(2)22(11-15-8-7-9-23-15)18(21-12)25-14(3)17-20-10-16(24-17)19(4,5)6/h10,14-15H,7-9,11H2,1-6H3/t14-,15+/m0/s1. The van der Waals surface area contributed by atoms with E-state index in [1.54, 1.807) is 11.8 Å². The molecule has 0 spiro atoms. The molecule has 5 nitrogen and oxygen atoms in total. The molecule has 0 aromatic carbocycles. The van der Waals surface area contributed by atoms with Crippen LogP contribution in [-0.4, -0.2) is 27.2 Å². The fraction of sp³-hybridized carbons (Fsp3) is 0.684. The molecule has 2 atom stereocenters. The zero-order valence-electron chi connectivity index (χ0n) is 16.1. The van der Waals surface area contributed by atoms with E-state index < -0.39 is 0 Å². The van der Waals surface area contributed by atoms with Gasteiger partial charge in [0, 0.05) is 17.7 Å². The number of aromatic nitrogens is 3. The Balaban J connectivity index is 1.77. The minimum atomic E-state index is -0.0267. The number of imidazole rings is 1. The minimum Gasteiger partial charge on any atom is -0.444 e. The summed E-state index contributed by atoms with van der Waals surface area (Å²) in [5.41, 5.74) is 2.27. The highest BCUT2D eigenvalue weighted by Crippen LogP contribution is 2.36. The lowest BCUT2D eigenvalue weighted by atomic mass is 9.94. The molecule has 0 radical (unpaired) electrons. The minimum absolute atomic E-state index is 0.0267. The summed E-state index contributed by atoms with van der Waals surface area (Å²) in [4.78, 5) is 9.27. The molecule has 138 valence electrons. The largest absolute Gasteiger partial charge is 0.444 e. The van der Waals surface area contributed by atoms with E-state index in [4.69, 9.17) is 14.1 Å². The van der Waals surface area contributed by atoms with Crippen molar-refractivity contribution in [1.29, 1.82) is 0 Å². The molecule has 0 aliphatic carbocycles. The van der Waals surface area contributed by atoms with Crippen LogP contribution in [0.1, 0.15) is 68.8 Å². The molecule has 0 saturated carbocycles. The Kier molecular flexibility index (Phi) is 5.30. The third-order valence-electron chi connectivity index (χ3n) is 4.73. The van der Waals surface area contributed by atoms with E-state index in [9.17, 15) is 0 Å². The zero-order chi connectivity index (χ0) is 18.2. The van der Waals surface area contributed by atoms with E-state index in [1.165, 1.54) is 5.69 Å². The van der Waals surface area contributed by atoms with Crippen molar-refractivity contribution < 1.29 is 9.15 Å². The van der Waals surface area contributed by atoms with Crippen LogP contribution in [-0.2, 0) is 16.7 Å². The van der Waals surface area contributed by atoms with Gasteiger partial charge in [-0.05, 0) is 33.6 Å². The van der Waals surface area contributed by atoms with Crippen molar-refractivity contribution in [2.45, 2.75) is 82.9 Å². The number of ether oxygens (including phenoxy) is 1. The predicted octanol–water partition coefficient (Wildman–Crippen LogP) is 4.82. The van der Waals surface area contributed by atoms with Crippen LogP contribution in [0.4, 0.5) is 0 Å².